The highest BCUT2D eigenvalue weighted by molar-refractivity contribution is 7.92. The number of benzene rings is 2. The van der Waals surface area contributed by atoms with E-state index in [0.717, 1.165) is 0 Å². The molecule has 0 saturated heterocycles. The van der Waals surface area contributed by atoms with Crippen LogP contribution in [0.15, 0.2) is 72.7 Å². The van der Waals surface area contributed by atoms with Gasteiger partial charge in [-0.2, -0.15) is 0 Å². The molecule has 148 valence electrons. The summed E-state index contributed by atoms with van der Waals surface area (Å²) in [4.78, 5) is 14.0. The maximum absolute atomic E-state index is 12.9. The number of carbonyl (C=O) groups excluding carboxylic acids is 1. The summed E-state index contributed by atoms with van der Waals surface area (Å²) < 4.78 is 33.4. The molecule has 0 spiro atoms. The largest absolute Gasteiger partial charge is 0.495 e. The lowest BCUT2D eigenvalue weighted by molar-refractivity contribution is 0.0790. The van der Waals surface area contributed by atoms with Crippen molar-refractivity contribution < 1.29 is 17.9 Å². The minimum absolute atomic E-state index is 0.00191. The van der Waals surface area contributed by atoms with Crippen LogP contribution in [0.1, 0.15) is 10.4 Å². The van der Waals surface area contributed by atoms with Crippen LogP contribution in [0, 0.1) is 0 Å². The Labute approximate surface area is 170 Å². The molecule has 0 heterocycles. The van der Waals surface area contributed by atoms with Crippen molar-refractivity contribution in [3.05, 3.63) is 78.4 Å². The van der Waals surface area contributed by atoms with Gasteiger partial charge in [0.05, 0.1) is 17.8 Å². The fourth-order valence-corrected chi connectivity index (χ4v) is 4.10. The van der Waals surface area contributed by atoms with E-state index in [-0.39, 0.29) is 27.1 Å². The third kappa shape index (κ3) is 4.94. The highest BCUT2D eigenvalue weighted by Gasteiger charge is 2.23. The first-order valence-electron chi connectivity index (χ1n) is 8.30. The van der Waals surface area contributed by atoms with Crippen LogP contribution >= 0.6 is 11.6 Å². The number of amides is 1. The van der Waals surface area contributed by atoms with Gasteiger partial charge in [0.2, 0.25) is 0 Å². The normalized spacial score (nSPS) is 10.8. The molecule has 0 bridgehead atoms. The molecule has 1 N–H and O–H groups in total. The second-order valence-electron chi connectivity index (χ2n) is 5.74. The molecule has 0 saturated carbocycles. The number of anilines is 1. The molecule has 0 aliphatic heterocycles. The summed E-state index contributed by atoms with van der Waals surface area (Å²) in [6.45, 7) is 7.85. The van der Waals surface area contributed by atoms with Crippen molar-refractivity contribution in [3.63, 3.8) is 0 Å². The van der Waals surface area contributed by atoms with Crippen molar-refractivity contribution in [2.45, 2.75) is 4.90 Å². The Bertz CT molecular complexity index is 979. The van der Waals surface area contributed by atoms with Crippen molar-refractivity contribution in [1.82, 2.24) is 4.90 Å². The van der Waals surface area contributed by atoms with Crippen molar-refractivity contribution in [2.24, 2.45) is 0 Å². The van der Waals surface area contributed by atoms with Crippen LogP contribution in [0.2, 0.25) is 5.02 Å². The molecule has 2 rings (SSSR count). The third-order valence-electron chi connectivity index (χ3n) is 3.81. The Kier molecular flexibility index (Phi) is 7.25. The molecule has 2 aromatic rings. The lowest BCUT2D eigenvalue weighted by Crippen LogP contribution is -2.31. The average molecular weight is 421 g/mol. The van der Waals surface area contributed by atoms with Crippen LogP contribution < -0.4 is 9.46 Å². The Balaban J connectivity index is 2.42. The molecule has 0 unspecified atom stereocenters. The molecule has 6 nitrogen and oxygen atoms in total. The molecule has 0 aromatic heterocycles. The number of rotatable bonds is 9. The van der Waals surface area contributed by atoms with Crippen LogP contribution in [0.25, 0.3) is 0 Å². The van der Waals surface area contributed by atoms with E-state index < -0.39 is 10.0 Å². The standard InChI is InChI=1S/C20H21ClN2O4S/c1-4-12-23(13-5-2)20(24)15-10-11-16(21)19(14-15)28(25,26)22-17-8-6-7-9-18(17)27-3/h4-11,14,22H,1-2,12-13H2,3H3. The van der Waals surface area contributed by atoms with Gasteiger partial charge in [0, 0.05) is 18.7 Å². The molecule has 0 atom stereocenters. The van der Waals surface area contributed by atoms with Gasteiger partial charge in [-0.05, 0) is 30.3 Å². The third-order valence-corrected chi connectivity index (χ3v) is 5.65. The summed E-state index contributed by atoms with van der Waals surface area (Å²) in [6, 6.07) is 10.7. The van der Waals surface area contributed by atoms with Gasteiger partial charge in [-0.15, -0.1) is 13.2 Å². The molecule has 8 heteroatoms. The van der Waals surface area contributed by atoms with Gasteiger partial charge in [-0.1, -0.05) is 35.9 Å². The molecule has 0 fully saturated rings. The fraction of sp³-hybridized carbons (Fsp3) is 0.150. The minimum Gasteiger partial charge on any atom is -0.495 e. The summed E-state index contributed by atoms with van der Waals surface area (Å²) in [5.41, 5.74) is 0.450. The number of para-hydroxylation sites is 2. The Morgan fingerprint density at radius 3 is 2.43 bits per heavy atom. The lowest BCUT2D eigenvalue weighted by atomic mass is 10.2. The first-order chi connectivity index (χ1) is 13.3. The zero-order valence-corrected chi connectivity index (χ0v) is 17.0. The van der Waals surface area contributed by atoms with Crippen LogP contribution in [0.5, 0.6) is 5.75 Å². The monoisotopic (exact) mass is 420 g/mol. The van der Waals surface area contributed by atoms with Gasteiger partial charge >= 0.3 is 0 Å². The van der Waals surface area contributed by atoms with Gasteiger partial charge in [0.15, 0.2) is 0 Å². The summed E-state index contributed by atoms with van der Waals surface area (Å²) in [5, 5.41) is -0.00191. The van der Waals surface area contributed by atoms with Gasteiger partial charge in [0.1, 0.15) is 10.6 Å². The number of nitrogens with one attached hydrogen (secondary N) is 1. The van der Waals surface area contributed by atoms with E-state index in [1.165, 1.54) is 30.2 Å². The SMILES string of the molecule is C=CCN(CC=C)C(=O)c1ccc(Cl)c(S(=O)(=O)Nc2ccccc2OC)c1. The van der Waals surface area contributed by atoms with E-state index >= 15 is 0 Å². The van der Waals surface area contributed by atoms with E-state index in [1.54, 1.807) is 36.4 Å². The second kappa shape index (κ2) is 9.43. The topological polar surface area (TPSA) is 75.7 Å². The van der Waals surface area contributed by atoms with Crippen molar-refractivity contribution in [2.75, 3.05) is 24.9 Å². The number of carbonyl (C=O) groups is 1. The Hall–Kier alpha value is -2.77. The van der Waals surface area contributed by atoms with Crippen molar-refractivity contribution in [1.29, 1.82) is 0 Å². The summed E-state index contributed by atoms with van der Waals surface area (Å²) in [5.74, 6) is 0.00257. The van der Waals surface area contributed by atoms with Crippen LogP contribution in [0.3, 0.4) is 0 Å². The van der Waals surface area contributed by atoms with E-state index in [1.807, 2.05) is 0 Å². The maximum atomic E-state index is 12.9. The molecule has 1 amide bonds. The van der Waals surface area contributed by atoms with Crippen molar-refractivity contribution in [3.8, 4) is 5.75 Å². The Morgan fingerprint density at radius 2 is 1.82 bits per heavy atom. The van der Waals surface area contributed by atoms with Crippen molar-refractivity contribution >= 4 is 33.2 Å². The molecule has 0 radical (unpaired) electrons. The predicted octanol–water partition coefficient (Wildman–Crippen LogP) is 3.96. The highest BCUT2D eigenvalue weighted by Crippen LogP contribution is 2.29. The predicted molar refractivity (Wildman–Crippen MR) is 112 cm³/mol. The van der Waals surface area contributed by atoms with Gasteiger partial charge < -0.3 is 9.64 Å². The van der Waals surface area contributed by atoms with Gasteiger partial charge in [0.25, 0.3) is 15.9 Å². The number of halogens is 1. The second-order valence-corrected chi connectivity index (χ2v) is 7.80. The van der Waals surface area contributed by atoms with E-state index in [4.69, 9.17) is 16.3 Å². The molecule has 0 aliphatic rings. The smallest absolute Gasteiger partial charge is 0.263 e. The van der Waals surface area contributed by atoms with Gasteiger partial charge in [-0.25, -0.2) is 8.42 Å². The molecule has 2 aromatic carbocycles. The highest BCUT2D eigenvalue weighted by atomic mass is 35.5. The Morgan fingerprint density at radius 1 is 1.18 bits per heavy atom. The van der Waals surface area contributed by atoms with E-state index in [0.29, 0.717) is 18.8 Å². The van der Waals surface area contributed by atoms with Crippen LogP contribution in [-0.4, -0.2) is 39.4 Å². The average Bonchev–Trinajstić information content (AvgIpc) is 2.67. The molecule has 0 aliphatic carbocycles. The fourth-order valence-electron chi connectivity index (χ4n) is 2.51. The number of nitrogens with zero attached hydrogens (tertiary/aromatic N) is 1. The van der Waals surface area contributed by atoms with E-state index in [9.17, 15) is 13.2 Å². The lowest BCUT2D eigenvalue weighted by Gasteiger charge is -2.20. The van der Waals surface area contributed by atoms with Gasteiger partial charge in [-0.3, -0.25) is 9.52 Å². The van der Waals surface area contributed by atoms with Crippen LogP contribution in [0.4, 0.5) is 5.69 Å². The van der Waals surface area contributed by atoms with E-state index in [2.05, 4.69) is 17.9 Å². The maximum Gasteiger partial charge on any atom is 0.263 e. The zero-order chi connectivity index (χ0) is 20.7. The summed E-state index contributed by atoms with van der Waals surface area (Å²) in [7, 11) is -2.62. The minimum atomic E-state index is -4.06. The molecular formula is C20H21ClN2O4S. The zero-order valence-electron chi connectivity index (χ0n) is 15.4. The first kappa shape index (κ1) is 21.5. The number of ether oxygens (including phenoxy) is 1. The number of hydrogen-bond acceptors (Lipinski definition) is 4. The first-order valence-corrected chi connectivity index (χ1v) is 10.2. The summed E-state index contributed by atoms with van der Waals surface area (Å²) in [6.07, 6.45) is 3.16. The number of hydrogen-bond donors (Lipinski definition) is 1. The molecular weight excluding hydrogens is 400 g/mol. The number of methoxy groups -OCH3 is 1. The van der Waals surface area contributed by atoms with Crippen LogP contribution in [-0.2, 0) is 10.0 Å². The number of sulfonamides is 1. The quantitative estimate of drug-likeness (QED) is 0.623. The molecule has 28 heavy (non-hydrogen) atoms. The summed E-state index contributed by atoms with van der Waals surface area (Å²) >= 11 is 6.12.